The van der Waals surface area contributed by atoms with Crippen molar-refractivity contribution in [2.45, 2.75) is 0 Å². The molecule has 4 N–H and O–H groups in total. The molecule has 0 fully saturated rings. The van der Waals surface area contributed by atoms with Crippen LogP contribution in [0.5, 0.6) is 0 Å². The molecule has 0 bridgehead atoms. The summed E-state index contributed by atoms with van der Waals surface area (Å²) in [7, 11) is 0. The summed E-state index contributed by atoms with van der Waals surface area (Å²) in [5, 5.41) is 0. The lowest BCUT2D eigenvalue weighted by molar-refractivity contribution is 0.628. The molecule has 1 heterocycles. The van der Waals surface area contributed by atoms with Crippen molar-refractivity contribution in [3.8, 4) is 11.4 Å². The molecule has 0 spiro atoms. The largest absolute Gasteiger partial charge is 0.338 e. The van der Waals surface area contributed by atoms with E-state index < -0.39 is 0 Å². The molecule has 0 atom stereocenters. The van der Waals surface area contributed by atoms with Crippen molar-refractivity contribution >= 4 is 16.7 Å². The Morgan fingerprint density at radius 2 is 2.06 bits per heavy atom. The lowest BCUT2D eigenvalue weighted by Gasteiger charge is -1.97. The van der Waals surface area contributed by atoms with Gasteiger partial charge in [-0.3, -0.25) is 5.84 Å². The Hall–Kier alpha value is -2.40. The zero-order valence-corrected chi connectivity index (χ0v) is 9.44. The Bertz CT molecular complexity index is 705. The van der Waals surface area contributed by atoms with Gasteiger partial charge in [0.05, 0.1) is 16.7 Å². The molecule has 0 saturated heterocycles. The van der Waals surface area contributed by atoms with Crippen molar-refractivity contribution in [3.05, 3.63) is 48.3 Å². The van der Waals surface area contributed by atoms with Crippen LogP contribution < -0.4 is 11.3 Å². The van der Waals surface area contributed by atoms with Crippen LogP contribution in [0.15, 0.2) is 42.5 Å². The van der Waals surface area contributed by atoms with E-state index in [4.69, 9.17) is 5.84 Å². The lowest BCUT2D eigenvalue weighted by atomic mass is 10.2. The van der Waals surface area contributed by atoms with Crippen LogP contribution in [0.25, 0.3) is 22.4 Å². The number of aromatic amines is 1. The number of hydrogen-bond acceptors (Lipinski definition) is 3. The number of rotatable bonds is 2. The molecule has 3 rings (SSSR count). The quantitative estimate of drug-likeness (QED) is 0.478. The van der Waals surface area contributed by atoms with Gasteiger partial charge < -0.3 is 10.4 Å². The van der Waals surface area contributed by atoms with Gasteiger partial charge in [0.2, 0.25) is 0 Å². The van der Waals surface area contributed by atoms with E-state index in [1.54, 1.807) is 6.07 Å². The summed E-state index contributed by atoms with van der Waals surface area (Å²) >= 11 is 0. The van der Waals surface area contributed by atoms with E-state index in [1.807, 2.05) is 24.3 Å². The fraction of sp³-hybridized carbons (Fsp3) is 0. The molecule has 18 heavy (non-hydrogen) atoms. The van der Waals surface area contributed by atoms with Crippen LogP contribution in [0, 0.1) is 5.82 Å². The summed E-state index contributed by atoms with van der Waals surface area (Å²) in [4.78, 5) is 7.55. The van der Waals surface area contributed by atoms with E-state index in [0.29, 0.717) is 11.4 Å². The minimum absolute atomic E-state index is 0.280. The van der Waals surface area contributed by atoms with E-state index in [9.17, 15) is 4.39 Å². The number of hydrogen-bond donors (Lipinski definition) is 3. The molecule has 0 aliphatic carbocycles. The van der Waals surface area contributed by atoms with Crippen molar-refractivity contribution in [1.29, 1.82) is 0 Å². The van der Waals surface area contributed by atoms with Crippen molar-refractivity contribution in [2.24, 2.45) is 5.84 Å². The van der Waals surface area contributed by atoms with Crippen molar-refractivity contribution in [3.63, 3.8) is 0 Å². The molecule has 0 aliphatic heterocycles. The molecule has 0 amide bonds. The molecule has 0 unspecified atom stereocenters. The molecular formula is C13H11FN4. The van der Waals surface area contributed by atoms with Crippen molar-refractivity contribution < 1.29 is 4.39 Å². The van der Waals surface area contributed by atoms with Gasteiger partial charge in [0.25, 0.3) is 0 Å². The summed E-state index contributed by atoms with van der Waals surface area (Å²) in [5.74, 6) is 5.70. The van der Waals surface area contributed by atoms with E-state index in [0.717, 1.165) is 16.7 Å². The number of fused-ring (bicyclic) bond motifs is 1. The highest BCUT2D eigenvalue weighted by atomic mass is 19.1. The SMILES string of the molecule is NNc1ccc2nc(-c3cccc(F)c3)[nH]c2c1. The number of nitrogens with two attached hydrogens (primary N) is 1. The molecule has 1 aromatic heterocycles. The fourth-order valence-electron chi connectivity index (χ4n) is 1.87. The smallest absolute Gasteiger partial charge is 0.138 e. The third-order valence-corrected chi connectivity index (χ3v) is 2.75. The van der Waals surface area contributed by atoms with Crippen LogP contribution >= 0.6 is 0 Å². The predicted molar refractivity (Wildman–Crippen MR) is 69.3 cm³/mol. The standard InChI is InChI=1S/C13H11FN4/c14-9-3-1-2-8(6-9)13-16-11-5-4-10(18-15)7-12(11)17-13/h1-7,18H,15H2,(H,16,17). The maximum absolute atomic E-state index is 13.2. The second-order valence-electron chi connectivity index (χ2n) is 3.97. The van der Waals surface area contributed by atoms with Gasteiger partial charge in [-0.25, -0.2) is 9.37 Å². The Balaban J connectivity index is 2.13. The Labute approximate surface area is 103 Å². The maximum Gasteiger partial charge on any atom is 0.138 e. The lowest BCUT2D eigenvalue weighted by Crippen LogP contribution is -2.05. The second kappa shape index (κ2) is 4.12. The molecule has 2 aromatic carbocycles. The average Bonchev–Trinajstić information content (AvgIpc) is 2.81. The summed E-state index contributed by atoms with van der Waals surface area (Å²) < 4.78 is 13.2. The zero-order valence-electron chi connectivity index (χ0n) is 9.44. The first kappa shape index (κ1) is 10.7. The highest BCUT2D eigenvalue weighted by Gasteiger charge is 2.06. The van der Waals surface area contributed by atoms with Gasteiger partial charge in [-0.15, -0.1) is 0 Å². The second-order valence-corrected chi connectivity index (χ2v) is 3.97. The number of benzene rings is 2. The van der Waals surface area contributed by atoms with Crippen molar-refractivity contribution in [2.75, 3.05) is 5.43 Å². The molecule has 0 aliphatic rings. The monoisotopic (exact) mass is 242 g/mol. The summed E-state index contributed by atoms with van der Waals surface area (Å²) in [6.45, 7) is 0. The predicted octanol–water partition coefficient (Wildman–Crippen LogP) is 2.65. The van der Waals surface area contributed by atoms with E-state index >= 15 is 0 Å². The third-order valence-electron chi connectivity index (χ3n) is 2.75. The van der Waals surface area contributed by atoms with Gasteiger partial charge in [0, 0.05) is 5.56 Å². The number of hydrazine groups is 1. The van der Waals surface area contributed by atoms with Crippen LogP contribution in [0.3, 0.4) is 0 Å². The number of nitrogens with zero attached hydrogens (tertiary/aromatic N) is 1. The molecule has 5 heteroatoms. The Morgan fingerprint density at radius 1 is 1.17 bits per heavy atom. The minimum Gasteiger partial charge on any atom is -0.338 e. The van der Waals surface area contributed by atoms with Gasteiger partial charge in [-0.2, -0.15) is 0 Å². The molecule has 0 radical (unpaired) electrons. The first-order chi connectivity index (χ1) is 8.76. The number of nitrogen functional groups attached to an aromatic ring is 1. The molecule has 0 saturated carbocycles. The summed E-state index contributed by atoms with van der Waals surface area (Å²) in [6, 6.07) is 11.9. The molecule has 3 aromatic rings. The Kier molecular flexibility index (Phi) is 2.46. The number of aromatic nitrogens is 2. The van der Waals surface area contributed by atoms with Crippen LogP contribution in [0.2, 0.25) is 0 Å². The topological polar surface area (TPSA) is 66.7 Å². The van der Waals surface area contributed by atoms with E-state index in [2.05, 4.69) is 15.4 Å². The molecule has 90 valence electrons. The first-order valence-corrected chi connectivity index (χ1v) is 5.48. The van der Waals surface area contributed by atoms with E-state index in [1.165, 1.54) is 12.1 Å². The highest BCUT2D eigenvalue weighted by molar-refractivity contribution is 5.82. The van der Waals surface area contributed by atoms with Crippen LogP contribution in [-0.4, -0.2) is 9.97 Å². The minimum atomic E-state index is -0.280. The molecular weight excluding hydrogens is 231 g/mol. The van der Waals surface area contributed by atoms with E-state index in [-0.39, 0.29) is 5.82 Å². The summed E-state index contributed by atoms with van der Waals surface area (Å²) in [6.07, 6.45) is 0. The average molecular weight is 242 g/mol. The van der Waals surface area contributed by atoms with Gasteiger partial charge in [-0.05, 0) is 30.3 Å². The number of H-pyrrole nitrogens is 1. The zero-order chi connectivity index (χ0) is 12.5. The third kappa shape index (κ3) is 1.80. The van der Waals surface area contributed by atoms with Crippen LogP contribution in [0.1, 0.15) is 0 Å². The number of nitrogens with one attached hydrogen (secondary N) is 2. The number of imidazole rings is 1. The van der Waals surface area contributed by atoms with Gasteiger partial charge in [0.1, 0.15) is 11.6 Å². The van der Waals surface area contributed by atoms with Crippen LogP contribution in [-0.2, 0) is 0 Å². The number of anilines is 1. The first-order valence-electron chi connectivity index (χ1n) is 5.48. The van der Waals surface area contributed by atoms with Gasteiger partial charge in [0.15, 0.2) is 0 Å². The fourth-order valence-corrected chi connectivity index (χ4v) is 1.87. The van der Waals surface area contributed by atoms with Crippen LogP contribution in [0.4, 0.5) is 10.1 Å². The normalized spacial score (nSPS) is 10.8. The number of halogens is 1. The van der Waals surface area contributed by atoms with Gasteiger partial charge >= 0.3 is 0 Å². The van der Waals surface area contributed by atoms with Gasteiger partial charge in [-0.1, -0.05) is 12.1 Å². The maximum atomic E-state index is 13.2. The summed E-state index contributed by atoms with van der Waals surface area (Å²) in [5.41, 5.74) is 5.74. The molecule has 4 nitrogen and oxygen atoms in total. The van der Waals surface area contributed by atoms with Crippen molar-refractivity contribution in [1.82, 2.24) is 9.97 Å². The highest BCUT2D eigenvalue weighted by Crippen LogP contribution is 2.22. The Morgan fingerprint density at radius 3 is 2.83 bits per heavy atom.